The maximum Gasteiger partial charge on any atom is 0.324 e. The van der Waals surface area contributed by atoms with Gasteiger partial charge >= 0.3 is 12.0 Å². The summed E-state index contributed by atoms with van der Waals surface area (Å²) in [5, 5.41) is 18.3. The van der Waals surface area contributed by atoms with Crippen LogP contribution in [0.5, 0.6) is 5.75 Å². The number of phenolic OH excluding ortho intramolecular Hbond substituents is 1. The SMILES string of the molecule is CN(C(=O)N1CCCC1CC(=O)O)c1cccc(O)c1. The van der Waals surface area contributed by atoms with Crippen LogP contribution in [-0.4, -0.2) is 46.7 Å². The number of hydrogen-bond donors (Lipinski definition) is 2. The summed E-state index contributed by atoms with van der Waals surface area (Å²) in [6.07, 6.45) is 1.50. The fraction of sp³-hybridized carbons (Fsp3) is 0.429. The van der Waals surface area contributed by atoms with E-state index in [-0.39, 0.29) is 24.2 Å². The average molecular weight is 278 g/mol. The summed E-state index contributed by atoms with van der Waals surface area (Å²) in [6, 6.07) is 5.93. The molecule has 0 radical (unpaired) electrons. The van der Waals surface area contributed by atoms with E-state index < -0.39 is 5.97 Å². The Morgan fingerprint density at radius 1 is 1.45 bits per heavy atom. The van der Waals surface area contributed by atoms with E-state index in [9.17, 15) is 14.7 Å². The Balaban J connectivity index is 2.11. The molecule has 1 saturated heterocycles. The maximum absolute atomic E-state index is 12.4. The molecule has 0 aliphatic carbocycles. The zero-order chi connectivity index (χ0) is 14.7. The fourth-order valence-electron chi connectivity index (χ4n) is 2.51. The molecule has 1 atom stereocenters. The Hall–Kier alpha value is -2.24. The van der Waals surface area contributed by atoms with Crippen LogP contribution < -0.4 is 4.90 Å². The maximum atomic E-state index is 12.4. The molecule has 1 fully saturated rings. The highest BCUT2D eigenvalue weighted by Crippen LogP contribution is 2.25. The van der Waals surface area contributed by atoms with Crippen LogP contribution in [0.1, 0.15) is 19.3 Å². The van der Waals surface area contributed by atoms with Crippen molar-refractivity contribution in [3.05, 3.63) is 24.3 Å². The third-order valence-electron chi connectivity index (χ3n) is 3.54. The smallest absolute Gasteiger partial charge is 0.324 e. The molecule has 1 unspecified atom stereocenters. The third kappa shape index (κ3) is 3.01. The minimum atomic E-state index is -0.894. The van der Waals surface area contributed by atoms with Crippen molar-refractivity contribution < 1.29 is 19.8 Å². The lowest BCUT2D eigenvalue weighted by atomic mass is 10.1. The molecule has 0 spiro atoms. The molecule has 0 aromatic heterocycles. The Morgan fingerprint density at radius 2 is 2.20 bits per heavy atom. The monoisotopic (exact) mass is 278 g/mol. The van der Waals surface area contributed by atoms with Crippen molar-refractivity contribution in [2.24, 2.45) is 0 Å². The van der Waals surface area contributed by atoms with Crippen LogP contribution in [0.25, 0.3) is 0 Å². The number of urea groups is 1. The van der Waals surface area contributed by atoms with Gasteiger partial charge in [0.05, 0.1) is 6.42 Å². The van der Waals surface area contributed by atoms with Crippen molar-refractivity contribution in [2.75, 3.05) is 18.5 Å². The lowest BCUT2D eigenvalue weighted by Crippen LogP contribution is -2.44. The number of aliphatic carboxylic acids is 1. The summed E-state index contributed by atoms with van der Waals surface area (Å²) in [4.78, 5) is 26.3. The van der Waals surface area contributed by atoms with Gasteiger partial charge in [-0.2, -0.15) is 0 Å². The van der Waals surface area contributed by atoms with Gasteiger partial charge in [-0.05, 0) is 25.0 Å². The number of likely N-dealkylation sites (tertiary alicyclic amines) is 1. The Labute approximate surface area is 117 Å². The molecule has 1 aromatic rings. The van der Waals surface area contributed by atoms with Crippen LogP contribution in [0, 0.1) is 0 Å². The number of carbonyl (C=O) groups is 2. The molecule has 1 aliphatic rings. The van der Waals surface area contributed by atoms with Crippen LogP contribution >= 0.6 is 0 Å². The normalized spacial score (nSPS) is 18.1. The molecule has 6 nitrogen and oxygen atoms in total. The molecular weight excluding hydrogens is 260 g/mol. The van der Waals surface area contributed by atoms with Crippen LogP contribution in [0.4, 0.5) is 10.5 Å². The van der Waals surface area contributed by atoms with Gasteiger partial charge in [0.2, 0.25) is 0 Å². The first-order valence-electron chi connectivity index (χ1n) is 6.54. The van der Waals surface area contributed by atoms with Crippen molar-refractivity contribution in [1.29, 1.82) is 0 Å². The molecule has 1 aromatic carbocycles. The lowest BCUT2D eigenvalue weighted by Gasteiger charge is -2.29. The molecule has 2 amide bonds. The Morgan fingerprint density at radius 3 is 2.85 bits per heavy atom. The van der Waals surface area contributed by atoms with E-state index in [0.29, 0.717) is 18.7 Å². The van der Waals surface area contributed by atoms with Crippen molar-refractivity contribution in [2.45, 2.75) is 25.3 Å². The van der Waals surface area contributed by atoms with Crippen molar-refractivity contribution in [3.63, 3.8) is 0 Å². The van der Waals surface area contributed by atoms with Crippen LogP contribution in [0.2, 0.25) is 0 Å². The average Bonchev–Trinajstić information content (AvgIpc) is 2.84. The predicted octanol–water partition coefficient (Wildman–Crippen LogP) is 1.89. The second-order valence-corrected chi connectivity index (χ2v) is 4.95. The predicted molar refractivity (Wildman–Crippen MR) is 73.9 cm³/mol. The van der Waals surface area contributed by atoms with E-state index in [1.165, 1.54) is 17.0 Å². The molecule has 0 saturated carbocycles. The largest absolute Gasteiger partial charge is 0.508 e. The molecular formula is C14H18N2O4. The first-order chi connectivity index (χ1) is 9.49. The first kappa shape index (κ1) is 14.2. The highest BCUT2D eigenvalue weighted by atomic mass is 16.4. The standard InChI is InChI=1S/C14H18N2O4/c1-15(10-4-2-6-12(17)8-10)14(20)16-7-3-5-11(16)9-13(18)19/h2,4,6,8,11,17H,3,5,7,9H2,1H3,(H,18,19). The first-order valence-corrected chi connectivity index (χ1v) is 6.54. The number of benzene rings is 1. The Bertz CT molecular complexity index is 518. The molecule has 2 N–H and O–H groups in total. The van der Waals surface area contributed by atoms with Crippen LogP contribution in [0.3, 0.4) is 0 Å². The summed E-state index contributed by atoms with van der Waals surface area (Å²) in [5.74, 6) is -0.805. The van der Waals surface area contributed by atoms with Gasteiger partial charge in [-0.25, -0.2) is 4.79 Å². The number of aromatic hydroxyl groups is 1. The summed E-state index contributed by atoms with van der Waals surface area (Å²) in [6.45, 7) is 0.569. The van der Waals surface area contributed by atoms with Crippen molar-refractivity contribution >= 4 is 17.7 Å². The zero-order valence-corrected chi connectivity index (χ0v) is 11.3. The number of carbonyl (C=O) groups excluding carboxylic acids is 1. The van der Waals surface area contributed by atoms with E-state index in [4.69, 9.17) is 5.11 Å². The van der Waals surface area contributed by atoms with Gasteiger partial charge in [0.1, 0.15) is 5.75 Å². The van der Waals surface area contributed by atoms with Crippen LogP contribution in [-0.2, 0) is 4.79 Å². The minimum absolute atomic E-state index is 0.0282. The van der Waals surface area contributed by atoms with E-state index in [0.717, 1.165) is 6.42 Å². The number of anilines is 1. The van der Waals surface area contributed by atoms with E-state index >= 15 is 0 Å². The minimum Gasteiger partial charge on any atom is -0.508 e. The summed E-state index contributed by atoms with van der Waals surface area (Å²) >= 11 is 0. The molecule has 1 heterocycles. The molecule has 2 rings (SSSR count). The molecule has 108 valence electrons. The molecule has 1 aliphatic heterocycles. The third-order valence-corrected chi connectivity index (χ3v) is 3.54. The second kappa shape index (κ2) is 5.81. The van der Waals surface area contributed by atoms with Gasteiger partial charge in [0.15, 0.2) is 0 Å². The summed E-state index contributed by atoms with van der Waals surface area (Å²) in [5.41, 5.74) is 0.580. The number of carboxylic acids is 1. The number of carboxylic acid groups (broad SMARTS) is 1. The summed E-state index contributed by atoms with van der Waals surface area (Å²) < 4.78 is 0. The quantitative estimate of drug-likeness (QED) is 0.884. The number of nitrogens with zero attached hydrogens (tertiary/aromatic N) is 2. The Kier molecular flexibility index (Phi) is 4.12. The second-order valence-electron chi connectivity index (χ2n) is 4.95. The summed E-state index contributed by atoms with van der Waals surface area (Å²) in [7, 11) is 1.62. The number of phenols is 1. The lowest BCUT2D eigenvalue weighted by molar-refractivity contribution is -0.137. The van der Waals surface area contributed by atoms with Crippen molar-refractivity contribution in [1.82, 2.24) is 4.90 Å². The molecule has 0 bridgehead atoms. The van der Waals surface area contributed by atoms with E-state index in [2.05, 4.69) is 0 Å². The molecule has 6 heteroatoms. The van der Waals surface area contributed by atoms with Crippen LogP contribution in [0.15, 0.2) is 24.3 Å². The van der Waals surface area contributed by atoms with Gasteiger partial charge in [-0.15, -0.1) is 0 Å². The van der Waals surface area contributed by atoms with Crippen molar-refractivity contribution in [3.8, 4) is 5.75 Å². The van der Waals surface area contributed by atoms with Gasteiger partial charge in [0, 0.05) is 31.4 Å². The topological polar surface area (TPSA) is 81.1 Å². The number of amides is 2. The van der Waals surface area contributed by atoms with Gasteiger partial charge in [-0.1, -0.05) is 6.07 Å². The van der Waals surface area contributed by atoms with E-state index in [1.807, 2.05) is 0 Å². The van der Waals surface area contributed by atoms with Gasteiger partial charge in [0.25, 0.3) is 0 Å². The van der Waals surface area contributed by atoms with Gasteiger partial charge < -0.3 is 15.1 Å². The fourth-order valence-corrected chi connectivity index (χ4v) is 2.51. The zero-order valence-electron chi connectivity index (χ0n) is 11.3. The number of hydrogen-bond acceptors (Lipinski definition) is 3. The highest BCUT2D eigenvalue weighted by molar-refractivity contribution is 5.92. The van der Waals surface area contributed by atoms with Gasteiger partial charge in [-0.3, -0.25) is 9.69 Å². The highest BCUT2D eigenvalue weighted by Gasteiger charge is 2.32. The van der Waals surface area contributed by atoms with E-state index in [1.54, 1.807) is 24.1 Å². The molecule has 20 heavy (non-hydrogen) atoms. The number of rotatable bonds is 3.